The van der Waals surface area contributed by atoms with Gasteiger partial charge >= 0.3 is 0 Å². The zero-order valence-corrected chi connectivity index (χ0v) is 14.1. The van der Waals surface area contributed by atoms with E-state index in [9.17, 15) is 0 Å². The van der Waals surface area contributed by atoms with E-state index in [-0.39, 0.29) is 24.0 Å². The summed E-state index contributed by atoms with van der Waals surface area (Å²) in [4.78, 5) is 6.77. The van der Waals surface area contributed by atoms with E-state index in [1.165, 1.54) is 0 Å². The van der Waals surface area contributed by atoms with Crippen molar-refractivity contribution in [2.24, 2.45) is 10.7 Å². The summed E-state index contributed by atoms with van der Waals surface area (Å²) in [5, 5.41) is 3.08. The largest absolute Gasteiger partial charge is 0.379 e. The molecule has 1 aromatic carbocycles. The van der Waals surface area contributed by atoms with E-state index in [0.717, 1.165) is 32.0 Å². The van der Waals surface area contributed by atoms with E-state index in [0.29, 0.717) is 18.5 Å². The van der Waals surface area contributed by atoms with Crippen molar-refractivity contribution in [3.05, 3.63) is 30.3 Å². The average molecular weight is 390 g/mol. The Morgan fingerprint density at radius 2 is 2.00 bits per heavy atom. The number of para-hydroxylation sites is 1. The van der Waals surface area contributed by atoms with Crippen LogP contribution in [0.4, 0.5) is 5.69 Å². The molecule has 1 fully saturated rings. The molecule has 0 radical (unpaired) electrons. The minimum absolute atomic E-state index is 0. The molecule has 1 heterocycles. The molecule has 1 unspecified atom stereocenters. The van der Waals surface area contributed by atoms with Crippen molar-refractivity contribution in [3.63, 3.8) is 0 Å². The lowest BCUT2D eigenvalue weighted by Gasteiger charge is -2.31. The molecule has 0 spiro atoms. The van der Waals surface area contributed by atoms with Crippen LogP contribution in [0.15, 0.2) is 35.3 Å². The second kappa shape index (κ2) is 9.15. The van der Waals surface area contributed by atoms with Crippen LogP contribution < -0.4 is 11.1 Å². The van der Waals surface area contributed by atoms with Gasteiger partial charge in [-0.25, -0.2) is 0 Å². The number of aliphatic imine (C=N–C) groups is 1. The standard InChI is InChI=1S/C14H22N4O.HI/c1-12(18-7-9-19-10-8-18)11-16-14(15)17-13-5-3-2-4-6-13;/h2-6,12H,7-11H2,1H3,(H3,15,16,17);1H. The zero-order valence-electron chi connectivity index (χ0n) is 11.8. The Labute approximate surface area is 137 Å². The molecular formula is C14H23IN4O. The Bertz CT molecular complexity index is 407. The Balaban J connectivity index is 0.00000200. The molecule has 2 rings (SSSR count). The SMILES string of the molecule is CC(CN=C(N)Nc1ccccc1)N1CCOCC1.I. The minimum Gasteiger partial charge on any atom is -0.379 e. The number of guanidine groups is 1. The van der Waals surface area contributed by atoms with Gasteiger partial charge < -0.3 is 15.8 Å². The van der Waals surface area contributed by atoms with Crippen LogP contribution >= 0.6 is 24.0 Å². The third-order valence-electron chi connectivity index (χ3n) is 3.24. The lowest BCUT2D eigenvalue weighted by Crippen LogP contribution is -2.43. The number of halogens is 1. The molecule has 20 heavy (non-hydrogen) atoms. The molecule has 1 aliphatic rings. The van der Waals surface area contributed by atoms with E-state index < -0.39 is 0 Å². The number of nitrogens with two attached hydrogens (primary N) is 1. The van der Waals surface area contributed by atoms with Gasteiger partial charge in [0.2, 0.25) is 0 Å². The lowest BCUT2D eigenvalue weighted by atomic mass is 10.2. The summed E-state index contributed by atoms with van der Waals surface area (Å²) in [7, 11) is 0. The molecule has 5 nitrogen and oxygen atoms in total. The fraction of sp³-hybridized carbons (Fsp3) is 0.500. The van der Waals surface area contributed by atoms with Crippen LogP contribution in [-0.2, 0) is 4.74 Å². The summed E-state index contributed by atoms with van der Waals surface area (Å²) in [5.41, 5.74) is 6.84. The van der Waals surface area contributed by atoms with Crippen molar-refractivity contribution in [2.75, 3.05) is 38.2 Å². The minimum atomic E-state index is 0. The van der Waals surface area contributed by atoms with E-state index in [2.05, 4.69) is 22.1 Å². The van der Waals surface area contributed by atoms with Gasteiger partial charge in [0.1, 0.15) is 0 Å². The van der Waals surface area contributed by atoms with Crippen molar-refractivity contribution in [3.8, 4) is 0 Å². The first-order valence-electron chi connectivity index (χ1n) is 6.69. The van der Waals surface area contributed by atoms with E-state index in [1.54, 1.807) is 0 Å². The Kier molecular flexibility index (Phi) is 7.86. The highest BCUT2D eigenvalue weighted by atomic mass is 127. The van der Waals surface area contributed by atoms with Gasteiger partial charge in [-0.1, -0.05) is 18.2 Å². The summed E-state index contributed by atoms with van der Waals surface area (Å²) in [6, 6.07) is 10.2. The number of ether oxygens (including phenoxy) is 1. The normalized spacial score (nSPS) is 18.1. The zero-order chi connectivity index (χ0) is 13.5. The highest BCUT2D eigenvalue weighted by molar-refractivity contribution is 14.0. The summed E-state index contributed by atoms with van der Waals surface area (Å²) in [6.45, 7) is 6.44. The number of morpholine rings is 1. The van der Waals surface area contributed by atoms with Crippen molar-refractivity contribution in [1.29, 1.82) is 0 Å². The number of hydrogen-bond donors (Lipinski definition) is 2. The summed E-state index contributed by atoms with van der Waals surface area (Å²) in [6.07, 6.45) is 0. The van der Waals surface area contributed by atoms with Crippen molar-refractivity contribution in [2.45, 2.75) is 13.0 Å². The maximum absolute atomic E-state index is 5.88. The van der Waals surface area contributed by atoms with Gasteiger partial charge in [0.25, 0.3) is 0 Å². The average Bonchev–Trinajstić information content (AvgIpc) is 2.47. The first kappa shape index (κ1) is 17.2. The molecular weight excluding hydrogens is 367 g/mol. The van der Waals surface area contributed by atoms with Gasteiger partial charge in [-0.2, -0.15) is 0 Å². The molecule has 0 saturated carbocycles. The number of nitrogens with zero attached hydrogens (tertiary/aromatic N) is 2. The number of nitrogens with one attached hydrogen (secondary N) is 1. The number of hydrogen-bond acceptors (Lipinski definition) is 3. The molecule has 6 heteroatoms. The van der Waals surface area contributed by atoms with Gasteiger partial charge in [-0.3, -0.25) is 9.89 Å². The molecule has 0 aliphatic carbocycles. The fourth-order valence-electron chi connectivity index (χ4n) is 2.07. The summed E-state index contributed by atoms with van der Waals surface area (Å²) < 4.78 is 5.34. The molecule has 1 aromatic rings. The Hall–Kier alpha value is -0.860. The lowest BCUT2D eigenvalue weighted by molar-refractivity contribution is 0.0221. The van der Waals surface area contributed by atoms with Gasteiger partial charge in [-0.05, 0) is 19.1 Å². The molecule has 0 amide bonds. The van der Waals surface area contributed by atoms with E-state index in [4.69, 9.17) is 10.5 Å². The Morgan fingerprint density at radius 1 is 1.35 bits per heavy atom. The molecule has 0 bridgehead atoms. The second-order valence-electron chi connectivity index (χ2n) is 4.71. The van der Waals surface area contributed by atoms with Crippen LogP contribution in [0.25, 0.3) is 0 Å². The van der Waals surface area contributed by atoms with Gasteiger partial charge in [0.15, 0.2) is 5.96 Å². The fourth-order valence-corrected chi connectivity index (χ4v) is 2.07. The first-order valence-corrected chi connectivity index (χ1v) is 6.69. The van der Waals surface area contributed by atoms with Crippen LogP contribution in [0.5, 0.6) is 0 Å². The quantitative estimate of drug-likeness (QED) is 0.467. The third kappa shape index (κ3) is 5.64. The Morgan fingerprint density at radius 3 is 2.65 bits per heavy atom. The molecule has 3 N–H and O–H groups in total. The van der Waals surface area contributed by atoms with Gasteiger partial charge in [-0.15, -0.1) is 24.0 Å². The maximum Gasteiger partial charge on any atom is 0.193 e. The third-order valence-corrected chi connectivity index (χ3v) is 3.24. The number of anilines is 1. The monoisotopic (exact) mass is 390 g/mol. The van der Waals surface area contributed by atoms with Crippen molar-refractivity contribution in [1.82, 2.24) is 4.90 Å². The topological polar surface area (TPSA) is 62.9 Å². The summed E-state index contributed by atoms with van der Waals surface area (Å²) >= 11 is 0. The maximum atomic E-state index is 5.88. The first-order chi connectivity index (χ1) is 9.25. The molecule has 1 aliphatic heterocycles. The van der Waals surface area contributed by atoms with Crippen molar-refractivity contribution >= 4 is 35.6 Å². The van der Waals surface area contributed by atoms with Crippen LogP contribution in [0, 0.1) is 0 Å². The number of rotatable bonds is 4. The van der Waals surface area contributed by atoms with Gasteiger partial charge in [0.05, 0.1) is 19.8 Å². The van der Waals surface area contributed by atoms with Crippen LogP contribution in [0.2, 0.25) is 0 Å². The predicted octanol–water partition coefficient (Wildman–Crippen LogP) is 1.75. The van der Waals surface area contributed by atoms with Crippen LogP contribution in [0.1, 0.15) is 6.92 Å². The molecule has 1 atom stereocenters. The van der Waals surface area contributed by atoms with Gasteiger partial charge in [0, 0.05) is 24.8 Å². The smallest absolute Gasteiger partial charge is 0.193 e. The molecule has 1 saturated heterocycles. The molecule has 0 aromatic heterocycles. The highest BCUT2D eigenvalue weighted by Gasteiger charge is 2.16. The van der Waals surface area contributed by atoms with E-state index >= 15 is 0 Å². The number of benzene rings is 1. The van der Waals surface area contributed by atoms with Crippen LogP contribution in [0.3, 0.4) is 0 Å². The van der Waals surface area contributed by atoms with Crippen molar-refractivity contribution < 1.29 is 4.74 Å². The second-order valence-corrected chi connectivity index (χ2v) is 4.71. The van der Waals surface area contributed by atoms with E-state index in [1.807, 2.05) is 30.3 Å². The van der Waals surface area contributed by atoms with Crippen LogP contribution in [-0.4, -0.2) is 49.7 Å². The predicted molar refractivity (Wildman–Crippen MR) is 93.8 cm³/mol. The highest BCUT2D eigenvalue weighted by Crippen LogP contribution is 2.05. The summed E-state index contributed by atoms with van der Waals surface area (Å²) in [5.74, 6) is 0.464. The molecule has 112 valence electrons.